The van der Waals surface area contributed by atoms with E-state index in [0.29, 0.717) is 36.6 Å². The number of carbonyl (C=O) groups is 2. The smallest absolute Gasteiger partial charge is 0.338 e. The van der Waals surface area contributed by atoms with Crippen LogP contribution >= 0.6 is 0 Å². The van der Waals surface area contributed by atoms with Crippen molar-refractivity contribution in [3.05, 3.63) is 47.3 Å². The van der Waals surface area contributed by atoms with E-state index in [-0.39, 0.29) is 18.0 Å². The largest absolute Gasteiger partial charge is 0.459 e. The number of benzene rings is 1. The molecule has 0 bridgehead atoms. The molecule has 27 heavy (non-hydrogen) atoms. The van der Waals surface area contributed by atoms with Crippen LogP contribution in [-0.4, -0.2) is 34.5 Å². The van der Waals surface area contributed by atoms with Gasteiger partial charge in [0.1, 0.15) is 0 Å². The first-order valence-electron chi connectivity index (χ1n) is 9.00. The predicted molar refractivity (Wildman–Crippen MR) is 105 cm³/mol. The van der Waals surface area contributed by atoms with Crippen molar-refractivity contribution in [2.75, 3.05) is 17.2 Å². The molecule has 144 valence electrons. The van der Waals surface area contributed by atoms with Crippen LogP contribution in [0.4, 0.5) is 11.6 Å². The zero-order valence-corrected chi connectivity index (χ0v) is 16.2. The van der Waals surface area contributed by atoms with E-state index in [1.54, 1.807) is 38.1 Å². The van der Waals surface area contributed by atoms with Crippen molar-refractivity contribution < 1.29 is 14.3 Å². The zero-order chi connectivity index (χ0) is 19.8. The molecule has 1 amide bonds. The Morgan fingerprint density at radius 1 is 1.07 bits per heavy atom. The Kier molecular flexibility index (Phi) is 7.28. The van der Waals surface area contributed by atoms with Crippen LogP contribution in [0.5, 0.6) is 0 Å². The second kappa shape index (κ2) is 9.66. The number of nitrogens with zero attached hydrogens (tertiary/aromatic N) is 2. The minimum Gasteiger partial charge on any atom is -0.459 e. The lowest BCUT2D eigenvalue weighted by Gasteiger charge is -2.09. The molecule has 2 aromatic rings. The number of anilines is 2. The molecule has 7 heteroatoms. The van der Waals surface area contributed by atoms with Crippen LogP contribution in [0.15, 0.2) is 30.3 Å². The van der Waals surface area contributed by atoms with Gasteiger partial charge in [0.15, 0.2) is 0 Å². The second-order valence-electron chi connectivity index (χ2n) is 6.58. The van der Waals surface area contributed by atoms with Crippen molar-refractivity contribution in [2.24, 2.45) is 0 Å². The van der Waals surface area contributed by atoms with Crippen LogP contribution in [0.1, 0.15) is 48.4 Å². The number of hydrogen-bond donors (Lipinski definition) is 2. The Morgan fingerprint density at radius 2 is 1.70 bits per heavy atom. The van der Waals surface area contributed by atoms with Crippen molar-refractivity contribution in [3.63, 3.8) is 0 Å². The molecule has 1 heterocycles. The summed E-state index contributed by atoms with van der Waals surface area (Å²) in [6, 6.07) is 8.57. The summed E-state index contributed by atoms with van der Waals surface area (Å²) in [6.07, 6.45) is 0.857. The van der Waals surface area contributed by atoms with Crippen molar-refractivity contribution in [2.45, 2.75) is 46.6 Å². The Bertz CT molecular complexity index is 768. The molecule has 0 aliphatic heterocycles. The fraction of sp³-hybridized carbons (Fsp3) is 0.400. The minimum atomic E-state index is -0.373. The van der Waals surface area contributed by atoms with Crippen molar-refractivity contribution in [1.29, 1.82) is 0 Å². The molecule has 0 aliphatic carbocycles. The lowest BCUT2D eigenvalue weighted by Crippen LogP contribution is -2.15. The van der Waals surface area contributed by atoms with Crippen LogP contribution < -0.4 is 10.6 Å². The first kappa shape index (κ1) is 20.4. The van der Waals surface area contributed by atoms with E-state index in [1.807, 2.05) is 19.9 Å². The SMILES string of the molecule is Cc1cc(C)nc(NCCCC(=O)Nc2ccc(C(=O)OC(C)C)cc2)n1. The number of aryl methyl sites for hydroxylation is 2. The van der Waals surface area contributed by atoms with Gasteiger partial charge in [-0.2, -0.15) is 0 Å². The Hall–Kier alpha value is -2.96. The maximum atomic E-state index is 12.0. The van der Waals surface area contributed by atoms with E-state index in [1.165, 1.54) is 0 Å². The standard InChI is InChI=1S/C20H26N4O3/c1-13(2)27-19(26)16-7-9-17(10-8-16)24-18(25)6-5-11-21-20-22-14(3)12-15(4)23-20/h7-10,12-13H,5-6,11H2,1-4H3,(H,24,25)(H,21,22,23). The van der Waals surface area contributed by atoms with E-state index in [2.05, 4.69) is 20.6 Å². The van der Waals surface area contributed by atoms with Gasteiger partial charge in [0, 0.05) is 30.0 Å². The van der Waals surface area contributed by atoms with Gasteiger partial charge in [-0.05, 0) is 64.4 Å². The fourth-order valence-electron chi connectivity index (χ4n) is 2.45. The number of aromatic nitrogens is 2. The molecular formula is C20H26N4O3. The molecule has 0 fully saturated rings. The number of carbonyl (C=O) groups excluding carboxylic acids is 2. The van der Waals surface area contributed by atoms with E-state index in [0.717, 1.165) is 11.4 Å². The second-order valence-corrected chi connectivity index (χ2v) is 6.58. The summed E-state index contributed by atoms with van der Waals surface area (Å²) in [5.41, 5.74) is 2.91. The molecule has 0 saturated carbocycles. The number of esters is 1. The van der Waals surface area contributed by atoms with Gasteiger partial charge in [-0.25, -0.2) is 14.8 Å². The highest BCUT2D eigenvalue weighted by atomic mass is 16.5. The summed E-state index contributed by atoms with van der Waals surface area (Å²) in [4.78, 5) is 32.4. The minimum absolute atomic E-state index is 0.0874. The Balaban J connectivity index is 1.74. The quantitative estimate of drug-likeness (QED) is 0.546. The van der Waals surface area contributed by atoms with Gasteiger partial charge in [-0.1, -0.05) is 0 Å². The maximum absolute atomic E-state index is 12.0. The molecule has 0 unspecified atom stereocenters. The summed E-state index contributed by atoms with van der Waals surface area (Å²) < 4.78 is 5.13. The predicted octanol–water partition coefficient (Wildman–Crippen LogP) is 3.49. The van der Waals surface area contributed by atoms with Crippen LogP contribution in [0, 0.1) is 13.8 Å². The monoisotopic (exact) mass is 370 g/mol. The van der Waals surface area contributed by atoms with Gasteiger partial charge >= 0.3 is 5.97 Å². The van der Waals surface area contributed by atoms with Crippen LogP contribution in [0.2, 0.25) is 0 Å². The van der Waals surface area contributed by atoms with Crippen molar-refractivity contribution in [1.82, 2.24) is 9.97 Å². The average Bonchev–Trinajstić information content (AvgIpc) is 2.58. The molecule has 1 aromatic carbocycles. The fourth-order valence-corrected chi connectivity index (χ4v) is 2.45. The molecule has 7 nitrogen and oxygen atoms in total. The summed E-state index contributed by atoms with van der Waals surface area (Å²) in [5.74, 6) is 0.120. The normalized spacial score (nSPS) is 10.6. The molecule has 1 aromatic heterocycles. The van der Waals surface area contributed by atoms with E-state index in [9.17, 15) is 9.59 Å². The average molecular weight is 370 g/mol. The van der Waals surface area contributed by atoms with Gasteiger partial charge in [0.05, 0.1) is 11.7 Å². The summed E-state index contributed by atoms with van der Waals surface area (Å²) in [7, 11) is 0. The third-order valence-corrected chi connectivity index (χ3v) is 3.59. The lowest BCUT2D eigenvalue weighted by atomic mass is 10.2. The summed E-state index contributed by atoms with van der Waals surface area (Å²) in [6.45, 7) is 8.04. The highest BCUT2D eigenvalue weighted by molar-refractivity contribution is 5.93. The van der Waals surface area contributed by atoms with Crippen molar-refractivity contribution >= 4 is 23.5 Å². The van der Waals surface area contributed by atoms with Gasteiger partial charge in [0.2, 0.25) is 11.9 Å². The number of amides is 1. The Labute approximate surface area is 159 Å². The molecule has 0 spiro atoms. The van der Waals surface area contributed by atoms with Gasteiger partial charge in [-0.15, -0.1) is 0 Å². The third kappa shape index (κ3) is 7.05. The van der Waals surface area contributed by atoms with Crippen LogP contribution in [-0.2, 0) is 9.53 Å². The third-order valence-electron chi connectivity index (χ3n) is 3.59. The topological polar surface area (TPSA) is 93.2 Å². The van der Waals surface area contributed by atoms with Gasteiger partial charge < -0.3 is 15.4 Å². The van der Waals surface area contributed by atoms with E-state index in [4.69, 9.17) is 4.74 Å². The molecule has 2 N–H and O–H groups in total. The maximum Gasteiger partial charge on any atom is 0.338 e. The van der Waals surface area contributed by atoms with Gasteiger partial charge in [0.25, 0.3) is 0 Å². The van der Waals surface area contributed by atoms with Gasteiger partial charge in [-0.3, -0.25) is 4.79 Å². The molecular weight excluding hydrogens is 344 g/mol. The Morgan fingerprint density at radius 3 is 2.30 bits per heavy atom. The van der Waals surface area contributed by atoms with Crippen LogP contribution in [0.25, 0.3) is 0 Å². The van der Waals surface area contributed by atoms with Crippen LogP contribution in [0.3, 0.4) is 0 Å². The summed E-state index contributed by atoms with van der Waals surface area (Å²) >= 11 is 0. The first-order valence-corrected chi connectivity index (χ1v) is 9.00. The highest BCUT2D eigenvalue weighted by Crippen LogP contribution is 2.12. The lowest BCUT2D eigenvalue weighted by molar-refractivity contribution is -0.116. The van der Waals surface area contributed by atoms with E-state index >= 15 is 0 Å². The zero-order valence-electron chi connectivity index (χ0n) is 16.2. The number of ether oxygens (including phenoxy) is 1. The number of hydrogen-bond acceptors (Lipinski definition) is 6. The molecule has 2 rings (SSSR count). The number of nitrogens with one attached hydrogen (secondary N) is 2. The summed E-state index contributed by atoms with van der Waals surface area (Å²) in [5, 5.41) is 5.94. The number of rotatable bonds is 8. The molecule has 0 saturated heterocycles. The molecule has 0 aliphatic rings. The molecule has 0 radical (unpaired) electrons. The first-order chi connectivity index (χ1) is 12.8. The molecule has 0 atom stereocenters. The highest BCUT2D eigenvalue weighted by Gasteiger charge is 2.09. The van der Waals surface area contributed by atoms with E-state index < -0.39 is 0 Å². The van der Waals surface area contributed by atoms with Crippen molar-refractivity contribution in [3.8, 4) is 0 Å².